The second-order valence-electron chi connectivity index (χ2n) is 5.16. The third-order valence-corrected chi connectivity index (χ3v) is 3.88. The molecule has 0 unspecified atom stereocenters. The topological polar surface area (TPSA) is 46.6 Å². The number of hydrogen-bond donors (Lipinski definition) is 0. The van der Waals surface area contributed by atoms with E-state index in [1.165, 1.54) is 6.07 Å². The first-order chi connectivity index (χ1) is 11.0. The number of hydrogen-bond acceptors (Lipinski definition) is 3. The van der Waals surface area contributed by atoms with Crippen LogP contribution in [0, 0.1) is 5.82 Å². The molecule has 0 bridgehead atoms. The molecule has 1 saturated heterocycles. The average molecular weight is 334 g/mol. The van der Waals surface area contributed by atoms with Gasteiger partial charge in [0, 0.05) is 18.7 Å². The fourth-order valence-corrected chi connectivity index (χ4v) is 2.62. The highest BCUT2D eigenvalue weighted by atomic mass is 35.5. The Hall–Kier alpha value is -2.40. The number of amides is 1. The quantitative estimate of drug-likeness (QED) is 0.633. The number of ether oxygens (including phenoxy) is 1. The number of anilines is 1. The lowest BCUT2D eigenvalue weighted by molar-refractivity contribution is -0.117. The van der Waals surface area contributed by atoms with E-state index in [4.69, 9.17) is 16.3 Å². The first-order valence-electron chi connectivity index (χ1n) is 7.12. The van der Waals surface area contributed by atoms with Crippen molar-refractivity contribution in [2.24, 2.45) is 0 Å². The zero-order chi connectivity index (χ0) is 16.4. The Balaban J connectivity index is 1.74. The van der Waals surface area contributed by atoms with Gasteiger partial charge in [0.25, 0.3) is 0 Å². The van der Waals surface area contributed by atoms with Gasteiger partial charge in [0.15, 0.2) is 0 Å². The molecular formula is C17H13ClFNO3. The van der Waals surface area contributed by atoms with Gasteiger partial charge >= 0.3 is 5.97 Å². The molecule has 0 spiro atoms. The molecule has 1 amide bonds. The van der Waals surface area contributed by atoms with E-state index in [9.17, 15) is 14.0 Å². The predicted molar refractivity (Wildman–Crippen MR) is 84.4 cm³/mol. The van der Waals surface area contributed by atoms with Gasteiger partial charge in [-0.25, -0.2) is 9.18 Å². The van der Waals surface area contributed by atoms with Crippen LogP contribution in [0.25, 0.3) is 0 Å². The third-order valence-electron chi connectivity index (χ3n) is 3.58. The van der Waals surface area contributed by atoms with Crippen molar-refractivity contribution in [3.63, 3.8) is 0 Å². The van der Waals surface area contributed by atoms with Crippen LogP contribution >= 0.6 is 11.6 Å². The van der Waals surface area contributed by atoms with Crippen LogP contribution in [0.15, 0.2) is 42.5 Å². The summed E-state index contributed by atoms with van der Waals surface area (Å²) < 4.78 is 18.1. The van der Waals surface area contributed by atoms with Gasteiger partial charge in [0.2, 0.25) is 5.91 Å². The summed E-state index contributed by atoms with van der Waals surface area (Å²) in [5.74, 6) is -0.928. The summed E-state index contributed by atoms with van der Waals surface area (Å²) in [6, 6.07) is 10.1. The summed E-state index contributed by atoms with van der Waals surface area (Å²) >= 11 is 5.83. The van der Waals surface area contributed by atoms with Gasteiger partial charge in [-0.3, -0.25) is 4.79 Å². The molecule has 1 aliphatic heterocycles. The predicted octanol–water partition coefficient (Wildman–Crippen LogP) is 3.83. The average Bonchev–Trinajstić information content (AvgIpc) is 2.96. The number of rotatable bonds is 3. The van der Waals surface area contributed by atoms with Crippen LogP contribution in [-0.2, 0) is 4.79 Å². The summed E-state index contributed by atoms with van der Waals surface area (Å²) in [5.41, 5.74) is 1.07. The molecule has 1 aliphatic rings. The Morgan fingerprint density at radius 1 is 1.17 bits per heavy atom. The highest BCUT2D eigenvalue weighted by Crippen LogP contribution is 2.26. The van der Waals surface area contributed by atoms with Gasteiger partial charge < -0.3 is 9.64 Å². The van der Waals surface area contributed by atoms with Crippen LogP contribution in [0.2, 0.25) is 5.02 Å². The molecule has 0 aliphatic carbocycles. The molecule has 1 heterocycles. The molecule has 1 fully saturated rings. The smallest absolute Gasteiger partial charge is 0.343 e. The highest BCUT2D eigenvalue weighted by Gasteiger charge is 2.22. The maximum Gasteiger partial charge on any atom is 0.343 e. The standard InChI is InChI=1S/C17H13ClFNO3/c18-14-10-12(19)5-8-15(14)23-17(22)11-3-6-13(7-4-11)20-9-1-2-16(20)21/h3-8,10H,1-2,9H2. The summed E-state index contributed by atoms with van der Waals surface area (Å²) in [7, 11) is 0. The molecule has 2 aromatic carbocycles. The van der Waals surface area contributed by atoms with E-state index in [0.29, 0.717) is 18.5 Å². The molecule has 6 heteroatoms. The van der Waals surface area contributed by atoms with Crippen molar-refractivity contribution in [1.82, 2.24) is 0 Å². The van der Waals surface area contributed by atoms with Gasteiger partial charge in [-0.2, -0.15) is 0 Å². The lowest BCUT2D eigenvalue weighted by atomic mass is 10.2. The molecule has 0 atom stereocenters. The molecule has 118 valence electrons. The second kappa shape index (κ2) is 6.38. The van der Waals surface area contributed by atoms with Crippen LogP contribution in [0.5, 0.6) is 5.75 Å². The van der Waals surface area contributed by atoms with Gasteiger partial charge in [-0.1, -0.05) is 11.6 Å². The van der Waals surface area contributed by atoms with E-state index in [-0.39, 0.29) is 16.7 Å². The van der Waals surface area contributed by atoms with E-state index < -0.39 is 11.8 Å². The Morgan fingerprint density at radius 3 is 2.52 bits per heavy atom. The van der Waals surface area contributed by atoms with Crippen molar-refractivity contribution >= 4 is 29.2 Å². The van der Waals surface area contributed by atoms with Crippen LogP contribution in [-0.4, -0.2) is 18.4 Å². The maximum absolute atomic E-state index is 13.0. The Bertz CT molecular complexity index is 761. The summed E-state index contributed by atoms with van der Waals surface area (Å²) in [6.45, 7) is 0.688. The number of esters is 1. The van der Waals surface area contributed by atoms with Crippen molar-refractivity contribution in [2.45, 2.75) is 12.8 Å². The Labute approximate surface area is 137 Å². The van der Waals surface area contributed by atoms with Crippen molar-refractivity contribution in [2.75, 3.05) is 11.4 Å². The number of carbonyl (C=O) groups is 2. The molecule has 0 N–H and O–H groups in total. The normalized spacial score (nSPS) is 14.2. The van der Waals surface area contributed by atoms with Crippen molar-refractivity contribution < 1.29 is 18.7 Å². The fourth-order valence-electron chi connectivity index (χ4n) is 2.42. The van der Waals surface area contributed by atoms with Gasteiger partial charge in [0.1, 0.15) is 11.6 Å². The molecule has 0 radical (unpaired) electrons. The van der Waals surface area contributed by atoms with Gasteiger partial charge in [-0.05, 0) is 48.9 Å². The van der Waals surface area contributed by atoms with Crippen molar-refractivity contribution in [3.8, 4) is 5.75 Å². The van der Waals surface area contributed by atoms with Crippen LogP contribution in [0.1, 0.15) is 23.2 Å². The van der Waals surface area contributed by atoms with E-state index in [1.54, 1.807) is 29.2 Å². The van der Waals surface area contributed by atoms with E-state index in [2.05, 4.69) is 0 Å². The number of nitrogens with zero attached hydrogens (tertiary/aromatic N) is 1. The van der Waals surface area contributed by atoms with E-state index >= 15 is 0 Å². The minimum atomic E-state index is -0.599. The van der Waals surface area contributed by atoms with Crippen LogP contribution in [0.4, 0.5) is 10.1 Å². The number of benzene rings is 2. The monoisotopic (exact) mass is 333 g/mol. The first kappa shape index (κ1) is 15.5. The van der Waals surface area contributed by atoms with Gasteiger partial charge in [-0.15, -0.1) is 0 Å². The first-order valence-corrected chi connectivity index (χ1v) is 7.50. The largest absolute Gasteiger partial charge is 0.421 e. The Morgan fingerprint density at radius 2 is 1.91 bits per heavy atom. The lowest BCUT2D eigenvalue weighted by Crippen LogP contribution is -2.23. The minimum absolute atomic E-state index is 0.0256. The molecule has 23 heavy (non-hydrogen) atoms. The minimum Gasteiger partial charge on any atom is -0.421 e. The molecule has 0 aromatic heterocycles. The zero-order valence-electron chi connectivity index (χ0n) is 12.1. The number of halogens is 2. The maximum atomic E-state index is 13.0. The van der Waals surface area contributed by atoms with Crippen LogP contribution < -0.4 is 9.64 Å². The van der Waals surface area contributed by atoms with Crippen LogP contribution in [0.3, 0.4) is 0 Å². The van der Waals surface area contributed by atoms with Crippen molar-refractivity contribution in [1.29, 1.82) is 0 Å². The fraction of sp³-hybridized carbons (Fsp3) is 0.176. The number of carbonyl (C=O) groups excluding carboxylic acids is 2. The lowest BCUT2D eigenvalue weighted by Gasteiger charge is -2.15. The molecular weight excluding hydrogens is 321 g/mol. The summed E-state index contributed by atoms with van der Waals surface area (Å²) in [6.07, 6.45) is 1.39. The Kier molecular flexibility index (Phi) is 4.30. The molecule has 0 saturated carbocycles. The molecule has 3 rings (SSSR count). The van der Waals surface area contributed by atoms with E-state index in [0.717, 1.165) is 24.2 Å². The summed E-state index contributed by atoms with van der Waals surface area (Å²) in [5, 5.41) is 0.0256. The zero-order valence-corrected chi connectivity index (χ0v) is 12.8. The SMILES string of the molecule is O=C(Oc1ccc(F)cc1Cl)c1ccc(N2CCCC2=O)cc1. The van der Waals surface area contributed by atoms with E-state index in [1.807, 2.05) is 0 Å². The van der Waals surface area contributed by atoms with Gasteiger partial charge in [0.05, 0.1) is 10.6 Å². The second-order valence-corrected chi connectivity index (χ2v) is 5.57. The van der Waals surface area contributed by atoms with Crippen molar-refractivity contribution in [3.05, 3.63) is 58.9 Å². The third kappa shape index (κ3) is 3.35. The molecule has 2 aromatic rings. The summed E-state index contributed by atoms with van der Waals surface area (Å²) in [4.78, 5) is 25.5. The molecule has 4 nitrogen and oxygen atoms in total. The highest BCUT2D eigenvalue weighted by molar-refractivity contribution is 6.32.